The summed E-state index contributed by atoms with van der Waals surface area (Å²) < 4.78 is 0. The molecule has 1 aromatic carbocycles. The third-order valence-electron chi connectivity index (χ3n) is 2.74. The number of hydrogen-bond acceptors (Lipinski definition) is 3. The van der Waals surface area contributed by atoms with Gasteiger partial charge in [0.25, 0.3) is 5.91 Å². The van der Waals surface area contributed by atoms with E-state index in [4.69, 9.17) is 17.3 Å². The second-order valence-corrected chi connectivity index (χ2v) is 4.66. The number of anilines is 1. The highest BCUT2D eigenvalue weighted by Gasteiger charge is 2.12. The molecule has 98 valence electrons. The Morgan fingerprint density at radius 3 is 2.53 bits per heavy atom. The molecule has 2 aromatic rings. The van der Waals surface area contributed by atoms with Gasteiger partial charge in [-0.05, 0) is 36.8 Å². The Hall–Kier alpha value is -2.07. The van der Waals surface area contributed by atoms with Crippen molar-refractivity contribution in [1.29, 1.82) is 0 Å². The molecule has 1 atom stereocenters. The lowest BCUT2D eigenvalue weighted by atomic mass is 10.1. The quantitative estimate of drug-likeness (QED) is 0.905. The molecule has 0 aliphatic rings. The maximum atomic E-state index is 12.0. The van der Waals surface area contributed by atoms with Crippen LogP contribution >= 0.6 is 11.6 Å². The van der Waals surface area contributed by atoms with Gasteiger partial charge in [0, 0.05) is 5.02 Å². The summed E-state index contributed by atoms with van der Waals surface area (Å²) in [6, 6.07) is 10.5. The number of rotatable bonds is 3. The van der Waals surface area contributed by atoms with Crippen molar-refractivity contribution in [3.63, 3.8) is 0 Å². The van der Waals surface area contributed by atoms with Crippen molar-refractivity contribution in [1.82, 2.24) is 10.3 Å². The van der Waals surface area contributed by atoms with Crippen LogP contribution in [0.25, 0.3) is 0 Å². The average molecular weight is 276 g/mol. The minimum atomic E-state index is -0.234. The Labute approximate surface area is 116 Å². The topological polar surface area (TPSA) is 68.0 Å². The van der Waals surface area contributed by atoms with E-state index in [1.807, 2.05) is 19.1 Å². The summed E-state index contributed by atoms with van der Waals surface area (Å²) in [5.74, 6) is -0.234. The molecule has 0 fully saturated rings. The summed E-state index contributed by atoms with van der Waals surface area (Å²) in [6.07, 6.45) is 1.46. The van der Waals surface area contributed by atoms with Crippen molar-refractivity contribution in [3.8, 4) is 0 Å². The molecular weight excluding hydrogens is 262 g/mol. The highest BCUT2D eigenvalue weighted by molar-refractivity contribution is 6.30. The lowest BCUT2D eigenvalue weighted by Crippen LogP contribution is -2.27. The smallest absolute Gasteiger partial charge is 0.270 e. The lowest BCUT2D eigenvalue weighted by Gasteiger charge is -2.14. The van der Waals surface area contributed by atoms with Gasteiger partial charge in [-0.1, -0.05) is 23.7 Å². The molecular formula is C14H14ClN3O. The molecule has 2 rings (SSSR count). The number of hydrogen-bond donors (Lipinski definition) is 2. The van der Waals surface area contributed by atoms with Gasteiger partial charge >= 0.3 is 0 Å². The Morgan fingerprint density at radius 2 is 1.95 bits per heavy atom. The third-order valence-corrected chi connectivity index (χ3v) is 2.99. The van der Waals surface area contributed by atoms with Crippen molar-refractivity contribution >= 4 is 23.2 Å². The molecule has 0 aliphatic heterocycles. The fourth-order valence-corrected chi connectivity index (χ4v) is 1.77. The summed E-state index contributed by atoms with van der Waals surface area (Å²) in [6.45, 7) is 1.90. The monoisotopic (exact) mass is 275 g/mol. The molecule has 0 saturated heterocycles. The van der Waals surface area contributed by atoms with Gasteiger partial charge in [0.15, 0.2) is 0 Å². The number of pyridine rings is 1. The van der Waals surface area contributed by atoms with Crippen molar-refractivity contribution in [3.05, 3.63) is 58.9 Å². The number of nitrogen functional groups attached to an aromatic ring is 1. The van der Waals surface area contributed by atoms with Crippen LogP contribution < -0.4 is 11.1 Å². The van der Waals surface area contributed by atoms with Crippen molar-refractivity contribution < 1.29 is 4.79 Å². The summed E-state index contributed by atoms with van der Waals surface area (Å²) in [5.41, 5.74) is 7.38. The zero-order chi connectivity index (χ0) is 13.8. The summed E-state index contributed by atoms with van der Waals surface area (Å²) in [4.78, 5) is 15.9. The van der Waals surface area contributed by atoms with E-state index in [9.17, 15) is 4.79 Å². The zero-order valence-electron chi connectivity index (χ0n) is 10.4. The number of nitrogens with zero attached hydrogens (tertiary/aromatic N) is 1. The molecule has 0 bridgehead atoms. The first-order valence-corrected chi connectivity index (χ1v) is 6.22. The maximum absolute atomic E-state index is 12.0. The van der Waals surface area contributed by atoms with E-state index in [-0.39, 0.29) is 11.9 Å². The number of benzene rings is 1. The SMILES string of the molecule is C[C@H](NC(=O)c1ccc(N)cn1)c1ccc(Cl)cc1. The Kier molecular flexibility index (Phi) is 4.02. The number of carbonyl (C=O) groups is 1. The fraction of sp³-hybridized carbons (Fsp3) is 0.143. The first-order chi connectivity index (χ1) is 9.06. The maximum Gasteiger partial charge on any atom is 0.270 e. The van der Waals surface area contributed by atoms with Gasteiger partial charge in [-0.15, -0.1) is 0 Å². The molecule has 0 aliphatic carbocycles. The molecule has 4 nitrogen and oxygen atoms in total. The molecule has 1 aromatic heterocycles. The number of carbonyl (C=O) groups excluding carboxylic acids is 1. The third kappa shape index (κ3) is 3.45. The van der Waals surface area contributed by atoms with Crippen LogP contribution in [0.5, 0.6) is 0 Å². The normalized spacial score (nSPS) is 11.9. The zero-order valence-corrected chi connectivity index (χ0v) is 11.2. The number of nitrogens with two attached hydrogens (primary N) is 1. The number of aromatic nitrogens is 1. The number of halogens is 1. The van der Waals surface area contributed by atoms with Crippen LogP contribution in [-0.4, -0.2) is 10.9 Å². The van der Waals surface area contributed by atoms with Crippen LogP contribution in [-0.2, 0) is 0 Å². The summed E-state index contributed by atoms with van der Waals surface area (Å²) >= 11 is 5.82. The van der Waals surface area contributed by atoms with E-state index >= 15 is 0 Å². The minimum Gasteiger partial charge on any atom is -0.397 e. The molecule has 5 heteroatoms. The summed E-state index contributed by atoms with van der Waals surface area (Å²) in [7, 11) is 0. The van der Waals surface area contributed by atoms with Gasteiger partial charge in [0.2, 0.25) is 0 Å². The second-order valence-electron chi connectivity index (χ2n) is 4.22. The molecule has 0 spiro atoms. The van der Waals surface area contributed by atoms with Crippen molar-refractivity contribution in [2.75, 3.05) is 5.73 Å². The van der Waals surface area contributed by atoms with E-state index in [0.29, 0.717) is 16.4 Å². The molecule has 0 unspecified atom stereocenters. The highest BCUT2D eigenvalue weighted by atomic mass is 35.5. The first kappa shape index (κ1) is 13.4. The minimum absolute atomic E-state index is 0.121. The van der Waals surface area contributed by atoms with Crippen molar-refractivity contribution in [2.24, 2.45) is 0 Å². The number of amides is 1. The van der Waals surface area contributed by atoms with Gasteiger partial charge in [-0.2, -0.15) is 0 Å². The first-order valence-electron chi connectivity index (χ1n) is 5.84. The molecule has 0 radical (unpaired) electrons. The van der Waals surface area contributed by atoms with Crippen molar-refractivity contribution in [2.45, 2.75) is 13.0 Å². The van der Waals surface area contributed by atoms with E-state index in [1.165, 1.54) is 6.20 Å². The van der Waals surface area contributed by atoms with E-state index in [2.05, 4.69) is 10.3 Å². The standard InChI is InChI=1S/C14H14ClN3O/c1-9(10-2-4-11(15)5-3-10)18-14(19)13-7-6-12(16)8-17-13/h2-9H,16H2,1H3,(H,18,19)/t9-/m0/s1. The van der Waals surface area contributed by atoms with Gasteiger partial charge < -0.3 is 11.1 Å². The molecule has 0 saturated carbocycles. The molecule has 1 heterocycles. The van der Waals surface area contributed by atoms with E-state index in [0.717, 1.165) is 5.56 Å². The van der Waals surface area contributed by atoms with Crippen LogP contribution in [0.15, 0.2) is 42.6 Å². The molecule has 19 heavy (non-hydrogen) atoms. The predicted octanol–water partition coefficient (Wildman–Crippen LogP) is 2.81. The second kappa shape index (κ2) is 5.71. The van der Waals surface area contributed by atoms with Crippen LogP contribution in [0.1, 0.15) is 29.0 Å². The predicted molar refractivity (Wildman–Crippen MR) is 76.0 cm³/mol. The van der Waals surface area contributed by atoms with Gasteiger partial charge in [-0.3, -0.25) is 4.79 Å². The number of nitrogens with one attached hydrogen (secondary N) is 1. The Bertz CT molecular complexity index is 566. The van der Waals surface area contributed by atoms with Crippen LogP contribution in [0.3, 0.4) is 0 Å². The van der Waals surface area contributed by atoms with Gasteiger partial charge in [0.1, 0.15) is 5.69 Å². The Balaban J connectivity index is 2.06. The largest absolute Gasteiger partial charge is 0.397 e. The fourth-order valence-electron chi connectivity index (χ4n) is 1.64. The Morgan fingerprint density at radius 1 is 1.26 bits per heavy atom. The van der Waals surface area contributed by atoms with Crippen LogP contribution in [0.4, 0.5) is 5.69 Å². The molecule has 3 N–H and O–H groups in total. The van der Waals surface area contributed by atoms with Crippen LogP contribution in [0.2, 0.25) is 5.02 Å². The van der Waals surface area contributed by atoms with E-state index in [1.54, 1.807) is 24.3 Å². The summed E-state index contributed by atoms with van der Waals surface area (Å²) in [5, 5.41) is 3.54. The van der Waals surface area contributed by atoms with Gasteiger partial charge in [-0.25, -0.2) is 4.98 Å². The van der Waals surface area contributed by atoms with Crippen LogP contribution in [0, 0.1) is 0 Å². The average Bonchev–Trinajstić information content (AvgIpc) is 2.40. The molecule has 1 amide bonds. The highest BCUT2D eigenvalue weighted by Crippen LogP contribution is 2.16. The lowest BCUT2D eigenvalue weighted by molar-refractivity contribution is 0.0935. The van der Waals surface area contributed by atoms with E-state index < -0.39 is 0 Å². The van der Waals surface area contributed by atoms with Gasteiger partial charge in [0.05, 0.1) is 17.9 Å².